The molecule has 0 atom stereocenters. The lowest BCUT2D eigenvalue weighted by Gasteiger charge is -2.36. The summed E-state index contributed by atoms with van der Waals surface area (Å²) in [6, 6.07) is 5.67. The van der Waals surface area contributed by atoms with Crippen LogP contribution in [0.2, 0.25) is 0 Å². The second-order valence-electron chi connectivity index (χ2n) is 4.61. The van der Waals surface area contributed by atoms with Crippen molar-refractivity contribution in [3.8, 4) is 5.75 Å². The first-order chi connectivity index (χ1) is 10.4. The summed E-state index contributed by atoms with van der Waals surface area (Å²) in [7, 11) is -3.20. The van der Waals surface area contributed by atoms with Gasteiger partial charge in [0.2, 0.25) is 0 Å². The van der Waals surface area contributed by atoms with Crippen molar-refractivity contribution >= 4 is 13.4 Å². The van der Waals surface area contributed by atoms with Gasteiger partial charge in [0.05, 0.1) is 4.92 Å². The smallest absolute Gasteiger partial charge is 0.395 e. The highest BCUT2D eigenvalue weighted by atomic mass is 31.2. The fraction of sp³-hybridized carbons (Fsp3) is 0.571. The number of nitro benzene ring substituents is 1. The number of benzene rings is 1. The molecule has 8 heteroatoms. The molecule has 0 heterocycles. The molecule has 0 bridgehead atoms. The third kappa shape index (κ3) is 4.06. The standard InChI is InChI=1S/C14H24N3O4P/c1-5-15(6-2)22(20,16(7-3)8-4)21-14-11-9-13(10-12-14)17(18)19/h9-12H,5-8H2,1-4H3. The maximum Gasteiger partial charge on any atom is 0.395 e. The van der Waals surface area contributed by atoms with Gasteiger partial charge >= 0.3 is 7.67 Å². The monoisotopic (exact) mass is 329 g/mol. The van der Waals surface area contributed by atoms with Gasteiger partial charge in [0.1, 0.15) is 5.75 Å². The zero-order valence-electron chi connectivity index (χ0n) is 13.6. The summed E-state index contributed by atoms with van der Waals surface area (Å²) in [4.78, 5) is 10.2. The van der Waals surface area contributed by atoms with E-state index in [0.29, 0.717) is 31.9 Å². The van der Waals surface area contributed by atoms with Crippen LogP contribution in [0, 0.1) is 10.1 Å². The fourth-order valence-electron chi connectivity index (χ4n) is 2.22. The second kappa shape index (κ2) is 8.27. The molecule has 0 aromatic heterocycles. The molecule has 0 aliphatic rings. The molecule has 7 nitrogen and oxygen atoms in total. The second-order valence-corrected chi connectivity index (χ2v) is 6.91. The predicted molar refractivity (Wildman–Crippen MR) is 87.2 cm³/mol. The lowest BCUT2D eigenvalue weighted by molar-refractivity contribution is -0.384. The molecule has 0 spiro atoms. The van der Waals surface area contributed by atoms with E-state index >= 15 is 0 Å². The molecule has 1 rings (SSSR count). The molecule has 0 N–H and O–H groups in total. The fourth-order valence-corrected chi connectivity index (χ4v) is 4.64. The summed E-state index contributed by atoms with van der Waals surface area (Å²) in [6.45, 7) is 10.1. The topological polar surface area (TPSA) is 75.9 Å². The van der Waals surface area contributed by atoms with Crippen LogP contribution in [0.15, 0.2) is 24.3 Å². The summed E-state index contributed by atoms with van der Waals surface area (Å²) >= 11 is 0. The zero-order valence-corrected chi connectivity index (χ0v) is 14.5. The van der Waals surface area contributed by atoms with E-state index in [2.05, 4.69) is 0 Å². The Bertz CT molecular complexity index is 511. The minimum absolute atomic E-state index is 0.0205. The molecule has 0 saturated heterocycles. The molecular formula is C14H24N3O4P. The molecule has 0 aliphatic heterocycles. The van der Waals surface area contributed by atoms with Gasteiger partial charge in [-0.25, -0.2) is 13.9 Å². The summed E-state index contributed by atoms with van der Waals surface area (Å²) in [5, 5.41) is 10.7. The third-order valence-corrected chi connectivity index (χ3v) is 6.46. The Morgan fingerprint density at radius 1 is 1.00 bits per heavy atom. The largest absolute Gasteiger partial charge is 0.422 e. The maximum atomic E-state index is 13.4. The summed E-state index contributed by atoms with van der Waals surface area (Å²) in [6.07, 6.45) is 0. The molecule has 0 amide bonds. The normalized spacial score (nSPS) is 11.9. The van der Waals surface area contributed by atoms with E-state index in [1.54, 1.807) is 9.34 Å². The lowest BCUT2D eigenvalue weighted by Crippen LogP contribution is -2.34. The number of non-ortho nitro benzene ring substituents is 1. The molecular weight excluding hydrogens is 305 g/mol. The maximum absolute atomic E-state index is 13.4. The Kier molecular flexibility index (Phi) is 7.00. The van der Waals surface area contributed by atoms with Gasteiger partial charge < -0.3 is 4.52 Å². The Labute approximate surface area is 131 Å². The van der Waals surface area contributed by atoms with E-state index in [9.17, 15) is 14.7 Å². The van der Waals surface area contributed by atoms with E-state index in [-0.39, 0.29) is 5.69 Å². The van der Waals surface area contributed by atoms with Gasteiger partial charge in [-0.1, -0.05) is 27.7 Å². The van der Waals surface area contributed by atoms with Gasteiger partial charge in [0.15, 0.2) is 0 Å². The number of nitrogens with zero attached hydrogens (tertiary/aromatic N) is 3. The van der Waals surface area contributed by atoms with E-state index < -0.39 is 12.6 Å². The molecule has 0 saturated carbocycles. The number of nitro groups is 1. The molecule has 1 aromatic carbocycles. The highest BCUT2D eigenvalue weighted by Crippen LogP contribution is 2.53. The zero-order chi connectivity index (χ0) is 16.8. The first-order valence-electron chi connectivity index (χ1n) is 7.47. The van der Waals surface area contributed by atoms with Crippen LogP contribution in [0.3, 0.4) is 0 Å². The molecule has 0 aliphatic carbocycles. The van der Waals surface area contributed by atoms with Gasteiger partial charge in [-0.2, -0.15) is 0 Å². The minimum Gasteiger partial charge on any atom is -0.422 e. The highest BCUT2D eigenvalue weighted by Gasteiger charge is 2.37. The van der Waals surface area contributed by atoms with Crippen LogP contribution in [0.5, 0.6) is 5.75 Å². The first-order valence-corrected chi connectivity index (χ1v) is 9.00. The molecule has 22 heavy (non-hydrogen) atoms. The van der Waals surface area contributed by atoms with Crippen LogP contribution >= 0.6 is 7.67 Å². The van der Waals surface area contributed by atoms with Gasteiger partial charge in [0, 0.05) is 38.3 Å². The van der Waals surface area contributed by atoms with Crippen molar-refractivity contribution in [3.05, 3.63) is 34.4 Å². The summed E-state index contributed by atoms with van der Waals surface area (Å²) in [5.74, 6) is 0.368. The number of rotatable bonds is 9. The van der Waals surface area contributed by atoms with Crippen LogP contribution in [-0.2, 0) is 4.57 Å². The van der Waals surface area contributed by atoms with Crippen molar-refractivity contribution in [2.24, 2.45) is 0 Å². The van der Waals surface area contributed by atoms with Gasteiger partial charge in [-0.15, -0.1) is 0 Å². The van der Waals surface area contributed by atoms with Crippen LogP contribution in [0.4, 0.5) is 5.69 Å². The number of hydrogen-bond acceptors (Lipinski definition) is 4. The van der Waals surface area contributed by atoms with Gasteiger partial charge in [-0.05, 0) is 12.1 Å². The predicted octanol–water partition coefficient (Wildman–Crippen LogP) is 3.77. The van der Waals surface area contributed by atoms with Crippen LogP contribution in [-0.4, -0.2) is 40.4 Å². The van der Waals surface area contributed by atoms with Gasteiger partial charge in [0.25, 0.3) is 5.69 Å². The quantitative estimate of drug-likeness (QED) is 0.390. The van der Waals surface area contributed by atoms with Crippen molar-refractivity contribution < 1.29 is 14.0 Å². The Hall–Kier alpha value is -1.43. The Balaban J connectivity index is 3.12. The van der Waals surface area contributed by atoms with Crippen molar-refractivity contribution in [3.63, 3.8) is 0 Å². The molecule has 0 fully saturated rings. The first kappa shape index (κ1) is 18.6. The van der Waals surface area contributed by atoms with E-state index in [4.69, 9.17) is 4.52 Å². The molecule has 124 valence electrons. The van der Waals surface area contributed by atoms with Crippen LogP contribution < -0.4 is 4.52 Å². The summed E-state index contributed by atoms with van der Waals surface area (Å²) in [5.41, 5.74) is -0.0205. The average molecular weight is 329 g/mol. The summed E-state index contributed by atoms with van der Waals surface area (Å²) < 4.78 is 22.8. The van der Waals surface area contributed by atoms with Crippen molar-refractivity contribution in [2.75, 3.05) is 26.2 Å². The Morgan fingerprint density at radius 2 is 1.41 bits per heavy atom. The van der Waals surface area contributed by atoms with Crippen molar-refractivity contribution in [1.29, 1.82) is 0 Å². The van der Waals surface area contributed by atoms with E-state index in [0.717, 1.165) is 0 Å². The average Bonchev–Trinajstić information content (AvgIpc) is 2.50. The van der Waals surface area contributed by atoms with Crippen LogP contribution in [0.25, 0.3) is 0 Å². The van der Waals surface area contributed by atoms with Crippen molar-refractivity contribution in [2.45, 2.75) is 27.7 Å². The minimum atomic E-state index is -3.20. The third-order valence-electron chi connectivity index (χ3n) is 3.45. The molecule has 0 radical (unpaired) electrons. The van der Waals surface area contributed by atoms with Crippen molar-refractivity contribution in [1.82, 2.24) is 9.34 Å². The van der Waals surface area contributed by atoms with E-state index in [1.165, 1.54) is 24.3 Å². The Morgan fingerprint density at radius 3 is 1.73 bits per heavy atom. The van der Waals surface area contributed by atoms with Crippen LogP contribution in [0.1, 0.15) is 27.7 Å². The lowest BCUT2D eigenvalue weighted by atomic mass is 10.3. The highest BCUT2D eigenvalue weighted by molar-refractivity contribution is 7.54. The van der Waals surface area contributed by atoms with Gasteiger partial charge in [-0.3, -0.25) is 10.1 Å². The SMILES string of the molecule is CCN(CC)P(=O)(Oc1ccc([N+](=O)[O-])cc1)N(CC)CC. The number of hydrogen-bond donors (Lipinski definition) is 0. The molecule has 1 aromatic rings. The molecule has 0 unspecified atom stereocenters. The van der Waals surface area contributed by atoms with E-state index in [1.807, 2.05) is 27.7 Å².